The second kappa shape index (κ2) is 7.71. The highest BCUT2D eigenvalue weighted by atomic mass is 35.5. The lowest BCUT2D eigenvalue weighted by Crippen LogP contribution is -2.50. The molecular formula is C17H14Cl2F2N2O3S. The van der Waals surface area contributed by atoms with Crippen molar-refractivity contribution >= 4 is 39.1 Å². The summed E-state index contributed by atoms with van der Waals surface area (Å²) in [6, 6.07) is 6.91. The summed E-state index contributed by atoms with van der Waals surface area (Å²) in [5.74, 6) is -2.67. The second-order valence-corrected chi connectivity index (χ2v) is 8.74. The average molecular weight is 435 g/mol. The molecule has 144 valence electrons. The van der Waals surface area contributed by atoms with E-state index in [4.69, 9.17) is 23.2 Å². The van der Waals surface area contributed by atoms with Crippen LogP contribution >= 0.6 is 23.2 Å². The molecule has 1 saturated heterocycles. The number of benzene rings is 2. The van der Waals surface area contributed by atoms with Crippen LogP contribution in [0.4, 0.5) is 8.78 Å². The van der Waals surface area contributed by atoms with Gasteiger partial charge in [0.1, 0.15) is 0 Å². The van der Waals surface area contributed by atoms with E-state index in [1.54, 1.807) is 0 Å². The monoisotopic (exact) mass is 434 g/mol. The molecule has 5 nitrogen and oxygen atoms in total. The molecule has 0 atom stereocenters. The van der Waals surface area contributed by atoms with E-state index in [9.17, 15) is 22.0 Å². The number of carbonyl (C=O) groups is 1. The zero-order valence-electron chi connectivity index (χ0n) is 13.8. The van der Waals surface area contributed by atoms with Crippen LogP contribution in [-0.2, 0) is 10.0 Å². The number of nitrogens with zero attached hydrogens (tertiary/aromatic N) is 2. The van der Waals surface area contributed by atoms with Crippen molar-refractivity contribution < 1.29 is 22.0 Å². The number of hydrogen-bond acceptors (Lipinski definition) is 3. The molecule has 0 saturated carbocycles. The van der Waals surface area contributed by atoms with Gasteiger partial charge in [0.05, 0.1) is 4.90 Å². The largest absolute Gasteiger partial charge is 0.336 e. The smallest absolute Gasteiger partial charge is 0.254 e. The summed E-state index contributed by atoms with van der Waals surface area (Å²) in [5.41, 5.74) is 0.310. The zero-order chi connectivity index (χ0) is 19.8. The Hall–Kier alpha value is -1.74. The summed E-state index contributed by atoms with van der Waals surface area (Å²) < 4.78 is 52.7. The quantitative estimate of drug-likeness (QED) is 0.743. The molecule has 1 heterocycles. The summed E-state index contributed by atoms with van der Waals surface area (Å²) in [7, 11) is -3.98. The van der Waals surface area contributed by atoms with E-state index in [2.05, 4.69) is 0 Å². The van der Waals surface area contributed by atoms with Crippen molar-refractivity contribution in [1.29, 1.82) is 0 Å². The minimum atomic E-state index is -3.98. The van der Waals surface area contributed by atoms with Gasteiger partial charge in [0, 0.05) is 41.8 Å². The molecule has 1 aliphatic heterocycles. The van der Waals surface area contributed by atoms with Gasteiger partial charge in [0.2, 0.25) is 10.0 Å². The molecule has 1 amide bonds. The Morgan fingerprint density at radius 1 is 0.889 bits per heavy atom. The molecule has 27 heavy (non-hydrogen) atoms. The van der Waals surface area contributed by atoms with Crippen molar-refractivity contribution in [3.8, 4) is 0 Å². The molecule has 0 radical (unpaired) electrons. The van der Waals surface area contributed by atoms with Crippen LogP contribution < -0.4 is 0 Å². The van der Waals surface area contributed by atoms with Gasteiger partial charge < -0.3 is 4.90 Å². The maximum atomic E-state index is 13.4. The highest BCUT2D eigenvalue weighted by Crippen LogP contribution is 2.23. The van der Waals surface area contributed by atoms with Crippen molar-refractivity contribution in [2.24, 2.45) is 0 Å². The van der Waals surface area contributed by atoms with E-state index in [1.165, 1.54) is 23.1 Å². The van der Waals surface area contributed by atoms with Gasteiger partial charge in [-0.3, -0.25) is 4.79 Å². The van der Waals surface area contributed by atoms with Crippen molar-refractivity contribution in [3.05, 3.63) is 63.6 Å². The van der Waals surface area contributed by atoms with E-state index in [-0.39, 0.29) is 37.0 Å². The average Bonchev–Trinajstić information content (AvgIpc) is 2.62. The highest BCUT2D eigenvalue weighted by molar-refractivity contribution is 7.89. The molecule has 0 aromatic heterocycles. The topological polar surface area (TPSA) is 57.7 Å². The van der Waals surface area contributed by atoms with Gasteiger partial charge in [-0.15, -0.1) is 0 Å². The third-order valence-corrected chi connectivity index (χ3v) is 6.50. The van der Waals surface area contributed by atoms with Gasteiger partial charge in [-0.25, -0.2) is 17.2 Å². The summed E-state index contributed by atoms with van der Waals surface area (Å²) >= 11 is 11.8. The van der Waals surface area contributed by atoms with Crippen molar-refractivity contribution in [2.45, 2.75) is 4.90 Å². The van der Waals surface area contributed by atoms with Gasteiger partial charge in [-0.05, 0) is 36.4 Å². The molecule has 0 unspecified atom stereocenters. The van der Waals surface area contributed by atoms with E-state index >= 15 is 0 Å². The number of piperazine rings is 1. The van der Waals surface area contributed by atoms with E-state index in [0.29, 0.717) is 21.7 Å². The first kappa shape index (κ1) is 20.0. The van der Waals surface area contributed by atoms with Crippen LogP contribution in [0, 0.1) is 11.6 Å². The van der Waals surface area contributed by atoms with Crippen LogP contribution in [0.1, 0.15) is 10.4 Å². The predicted octanol–water partition coefficient (Wildman–Crippen LogP) is 3.42. The zero-order valence-corrected chi connectivity index (χ0v) is 16.2. The molecule has 10 heteroatoms. The Labute approximate surface area is 165 Å². The van der Waals surface area contributed by atoms with Gasteiger partial charge in [-0.2, -0.15) is 4.31 Å². The fourth-order valence-corrected chi connectivity index (χ4v) is 4.74. The third-order valence-electron chi connectivity index (χ3n) is 4.16. The SMILES string of the molecule is O=C(c1cc(Cl)cc(Cl)c1)N1CCN(S(=O)(=O)c2ccc(F)c(F)c2)CC1. The molecule has 0 bridgehead atoms. The Balaban J connectivity index is 1.72. The first-order valence-electron chi connectivity index (χ1n) is 7.89. The fourth-order valence-electron chi connectivity index (χ4n) is 2.78. The Bertz CT molecular complexity index is 973. The minimum absolute atomic E-state index is 0.0291. The summed E-state index contributed by atoms with van der Waals surface area (Å²) in [6.45, 7) is 0.348. The van der Waals surface area contributed by atoms with Crippen LogP contribution in [0.15, 0.2) is 41.3 Å². The number of amides is 1. The lowest BCUT2D eigenvalue weighted by Gasteiger charge is -2.34. The van der Waals surface area contributed by atoms with Gasteiger partial charge in [0.25, 0.3) is 5.91 Å². The molecular weight excluding hydrogens is 421 g/mol. The lowest BCUT2D eigenvalue weighted by molar-refractivity contribution is 0.0698. The van der Waals surface area contributed by atoms with E-state index < -0.39 is 21.7 Å². The van der Waals surface area contributed by atoms with Crippen LogP contribution in [-0.4, -0.2) is 49.7 Å². The third kappa shape index (κ3) is 4.24. The summed E-state index contributed by atoms with van der Waals surface area (Å²) in [6.07, 6.45) is 0. The van der Waals surface area contributed by atoms with E-state index in [0.717, 1.165) is 16.4 Å². The molecule has 1 aliphatic rings. The Morgan fingerprint density at radius 2 is 1.48 bits per heavy atom. The van der Waals surface area contributed by atoms with Crippen LogP contribution in [0.3, 0.4) is 0 Å². The van der Waals surface area contributed by atoms with Gasteiger partial charge in [0.15, 0.2) is 11.6 Å². The Kier molecular flexibility index (Phi) is 5.71. The molecule has 2 aromatic carbocycles. The van der Waals surface area contributed by atoms with Gasteiger partial charge >= 0.3 is 0 Å². The molecule has 0 aliphatic carbocycles. The highest BCUT2D eigenvalue weighted by Gasteiger charge is 2.31. The molecule has 3 rings (SSSR count). The first-order valence-corrected chi connectivity index (χ1v) is 10.1. The van der Waals surface area contributed by atoms with Crippen LogP contribution in [0.2, 0.25) is 10.0 Å². The molecule has 1 fully saturated rings. The first-order chi connectivity index (χ1) is 12.7. The van der Waals surface area contributed by atoms with Crippen molar-refractivity contribution in [1.82, 2.24) is 9.21 Å². The van der Waals surface area contributed by atoms with Gasteiger partial charge in [-0.1, -0.05) is 23.2 Å². The summed E-state index contributed by atoms with van der Waals surface area (Å²) in [5, 5.41) is 0.649. The maximum Gasteiger partial charge on any atom is 0.254 e. The number of carbonyl (C=O) groups excluding carboxylic acids is 1. The predicted molar refractivity (Wildman–Crippen MR) is 97.5 cm³/mol. The number of halogens is 4. The number of hydrogen-bond donors (Lipinski definition) is 0. The maximum absolute atomic E-state index is 13.4. The second-order valence-electron chi connectivity index (χ2n) is 5.93. The standard InChI is InChI=1S/C17H14Cl2F2N2O3S/c18-12-7-11(8-13(19)9-12)17(24)22-3-5-23(6-4-22)27(25,26)14-1-2-15(20)16(21)10-14/h1-2,7-10H,3-6H2. The van der Waals surface area contributed by atoms with Crippen molar-refractivity contribution in [2.75, 3.05) is 26.2 Å². The Morgan fingerprint density at radius 3 is 2.04 bits per heavy atom. The van der Waals surface area contributed by atoms with Crippen molar-refractivity contribution in [3.63, 3.8) is 0 Å². The van der Waals surface area contributed by atoms with Crippen LogP contribution in [0.25, 0.3) is 0 Å². The fraction of sp³-hybridized carbons (Fsp3) is 0.235. The van der Waals surface area contributed by atoms with E-state index in [1.807, 2.05) is 0 Å². The minimum Gasteiger partial charge on any atom is -0.336 e. The number of sulfonamides is 1. The molecule has 0 spiro atoms. The summed E-state index contributed by atoms with van der Waals surface area (Å²) in [4.78, 5) is 13.7. The lowest BCUT2D eigenvalue weighted by atomic mass is 10.2. The number of rotatable bonds is 3. The van der Waals surface area contributed by atoms with Crippen LogP contribution in [0.5, 0.6) is 0 Å². The molecule has 2 aromatic rings. The normalized spacial score (nSPS) is 15.8. The molecule has 0 N–H and O–H groups in total.